The predicted molar refractivity (Wildman–Crippen MR) is 87.0 cm³/mol. The molecule has 0 bridgehead atoms. The number of thiocarbonyl (C=S) groups is 1. The molecule has 1 saturated heterocycles. The Morgan fingerprint density at radius 1 is 1.37 bits per heavy atom. The molecule has 1 aliphatic rings. The van der Waals surface area contributed by atoms with Crippen molar-refractivity contribution >= 4 is 22.9 Å². The molecule has 0 saturated carbocycles. The lowest BCUT2D eigenvalue weighted by Crippen LogP contribution is -2.35. The van der Waals surface area contributed by atoms with E-state index in [0.29, 0.717) is 11.0 Å². The first-order valence-corrected chi connectivity index (χ1v) is 7.71. The Labute approximate surface area is 122 Å². The average Bonchev–Trinajstić information content (AvgIpc) is 2.63. The smallest absolute Gasteiger partial charge is 0.106 e. The van der Waals surface area contributed by atoms with Crippen LogP contribution in [0.25, 0.3) is 0 Å². The topological polar surface area (TPSA) is 29.3 Å². The van der Waals surface area contributed by atoms with Crippen LogP contribution in [0.15, 0.2) is 18.2 Å². The van der Waals surface area contributed by atoms with Gasteiger partial charge in [-0.2, -0.15) is 0 Å². The molecular formula is C16H24N2S. The molecule has 1 aliphatic heterocycles. The third-order valence-electron chi connectivity index (χ3n) is 4.08. The predicted octanol–water partition coefficient (Wildman–Crippen LogP) is 3.79. The zero-order valence-corrected chi connectivity index (χ0v) is 12.8. The first-order chi connectivity index (χ1) is 9.13. The van der Waals surface area contributed by atoms with E-state index in [2.05, 4.69) is 36.9 Å². The molecule has 19 heavy (non-hydrogen) atoms. The van der Waals surface area contributed by atoms with E-state index in [-0.39, 0.29) is 0 Å². The van der Waals surface area contributed by atoms with Gasteiger partial charge in [0.1, 0.15) is 4.99 Å². The fourth-order valence-electron chi connectivity index (χ4n) is 3.02. The van der Waals surface area contributed by atoms with Gasteiger partial charge in [-0.1, -0.05) is 43.6 Å². The SMILES string of the molecule is CCC1CCCCCN1c1ccc(C)cc1C(N)=S. The van der Waals surface area contributed by atoms with Crippen LogP contribution in [-0.2, 0) is 0 Å². The molecule has 104 valence electrons. The summed E-state index contributed by atoms with van der Waals surface area (Å²) in [7, 11) is 0. The van der Waals surface area contributed by atoms with Gasteiger partial charge in [0.2, 0.25) is 0 Å². The first-order valence-electron chi connectivity index (χ1n) is 7.30. The second-order valence-corrected chi connectivity index (χ2v) is 5.93. The van der Waals surface area contributed by atoms with E-state index >= 15 is 0 Å². The summed E-state index contributed by atoms with van der Waals surface area (Å²) in [6, 6.07) is 7.10. The molecule has 3 heteroatoms. The Morgan fingerprint density at radius 2 is 2.16 bits per heavy atom. The summed E-state index contributed by atoms with van der Waals surface area (Å²) in [5.41, 5.74) is 9.40. The Hall–Kier alpha value is -1.09. The molecule has 0 spiro atoms. The van der Waals surface area contributed by atoms with Gasteiger partial charge in [0, 0.05) is 23.8 Å². The summed E-state index contributed by atoms with van der Waals surface area (Å²) in [4.78, 5) is 3.04. The number of hydrogen-bond acceptors (Lipinski definition) is 2. The van der Waals surface area contributed by atoms with Gasteiger partial charge in [-0.05, 0) is 38.3 Å². The summed E-state index contributed by atoms with van der Waals surface area (Å²) in [6.45, 7) is 5.49. The van der Waals surface area contributed by atoms with Crippen LogP contribution >= 0.6 is 12.2 Å². The Balaban J connectivity index is 2.40. The molecule has 1 aromatic rings. The van der Waals surface area contributed by atoms with Crippen LogP contribution in [0.1, 0.15) is 50.2 Å². The highest BCUT2D eigenvalue weighted by atomic mass is 32.1. The van der Waals surface area contributed by atoms with Crippen molar-refractivity contribution in [3.05, 3.63) is 29.3 Å². The fourth-order valence-corrected chi connectivity index (χ4v) is 3.18. The van der Waals surface area contributed by atoms with E-state index in [1.807, 2.05) is 0 Å². The van der Waals surface area contributed by atoms with Crippen LogP contribution < -0.4 is 10.6 Å². The molecule has 2 nitrogen and oxygen atoms in total. The van der Waals surface area contributed by atoms with E-state index < -0.39 is 0 Å². The lowest BCUT2D eigenvalue weighted by molar-refractivity contribution is 0.556. The van der Waals surface area contributed by atoms with Crippen molar-refractivity contribution in [2.24, 2.45) is 5.73 Å². The quantitative estimate of drug-likeness (QED) is 0.852. The normalized spacial score (nSPS) is 20.1. The van der Waals surface area contributed by atoms with Crippen molar-refractivity contribution in [1.82, 2.24) is 0 Å². The minimum Gasteiger partial charge on any atom is -0.389 e. The number of nitrogens with two attached hydrogens (primary N) is 1. The molecule has 1 unspecified atom stereocenters. The lowest BCUT2D eigenvalue weighted by atomic mass is 10.0. The molecule has 1 heterocycles. The Bertz CT molecular complexity index is 456. The molecule has 0 aliphatic carbocycles. The highest BCUT2D eigenvalue weighted by Crippen LogP contribution is 2.29. The van der Waals surface area contributed by atoms with Gasteiger partial charge in [0.05, 0.1) is 0 Å². The van der Waals surface area contributed by atoms with Crippen LogP contribution in [0.2, 0.25) is 0 Å². The summed E-state index contributed by atoms with van der Waals surface area (Å²) < 4.78 is 0. The molecule has 0 amide bonds. The minimum absolute atomic E-state index is 0.512. The third kappa shape index (κ3) is 3.27. The summed E-state index contributed by atoms with van der Waals surface area (Å²) in [5.74, 6) is 0. The standard InChI is InChI=1S/C16H24N2S/c1-3-13-7-5-4-6-10-18(13)15-9-8-12(2)11-14(15)16(17)19/h8-9,11,13H,3-7,10H2,1-2H3,(H2,17,19). The molecule has 2 rings (SSSR count). The summed E-state index contributed by atoms with van der Waals surface area (Å²) in [5, 5.41) is 0. The van der Waals surface area contributed by atoms with Crippen molar-refractivity contribution in [3.8, 4) is 0 Å². The van der Waals surface area contributed by atoms with Crippen molar-refractivity contribution in [2.45, 2.75) is 52.0 Å². The van der Waals surface area contributed by atoms with Gasteiger partial charge >= 0.3 is 0 Å². The van der Waals surface area contributed by atoms with Gasteiger partial charge in [0.15, 0.2) is 0 Å². The summed E-state index contributed by atoms with van der Waals surface area (Å²) >= 11 is 5.24. The van der Waals surface area contributed by atoms with Crippen molar-refractivity contribution < 1.29 is 0 Å². The summed E-state index contributed by atoms with van der Waals surface area (Å²) in [6.07, 6.45) is 6.40. The number of hydrogen-bond donors (Lipinski definition) is 1. The van der Waals surface area contributed by atoms with Crippen LogP contribution in [0, 0.1) is 6.92 Å². The zero-order valence-electron chi connectivity index (χ0n) is 12.0. The number of benzene rings is 1. The van der Waals surface area contributed by atoms with E-state index in [1.165, 1.54) is 43.4 Å². The van der Waals surface area contributed by atoms with Crippen molar-refractivity contribution in [1.29, 1.82) is 0 Å². The van der Waals surface area contributed by atoms with E-state index in [4.69, 9.17) is 18.0 Å². The molecule has 1 aromatic carbocycles. The maximum absolute atomic E-state index is 5.92. The van der Waals surface area contributed by atoms with Gasteiger partial charge in [0.25, 0.3) is 0 Å². The largest absolute Gasteiger partial charge is 0.389 e. The Kier molecular flexibility index (Phi) is 4.81. The fraction of sp³-hybridized carbons (Fsp3) is 0.562. The minimum atomic E-state index is 0.512. The molecule has 1 atom stereocenters. The molecule has 1 fully saturated rings. The van der Waals surface area contributed by atoms with Gasteiger partial charge in [-0.25, -0.2) is 0 Å². The highest BCUT2D eigenvalue weighted by Gasteiger charge is 2.22. The molecule has 0 radical (unpaired) electrons. The van der Waals surface area contributed by atoms with E-state index in [9.17, 15) is 0 Å². The highest BCUT2D eigenvalue weighted by molar-refractivity contribution is 7.80. The van der Waals surface area contributed by atoms with Crippen LogP contribution in [-0.4, -0.2) is 17.6 Å². The number of aryl methyl sites for hydroxylation is 1. The zero-order chi connectivity index (χ0) is 13.8. The number of anilines is 1. The number of rotatable bonds is 3. The maximum Gasteiger partial charge on any atom is 0.106 e. The van der Waals surface area contributed by atoms with E-state index in [1.54, 1.807) is 0 Å². The third-order valence-corrected chi connectivity index (χ3v) is 4.30. The van der Waals surface area contributed by atoms with Gasteiger partial charge in [-0.15, -0.1) is 0 Å². The van der Waals surface area contributed by atoms with Crippen LogP contribution in [0.3, 0.4) is 0 Å². The van der Waals surface area contributed by atoms with Crippen molar-refractivity contribution in [3.63, 3.8) is 0 Å². The van der Waals surface area contributed by atoms with Crippen LogP contribution in [0.4, 0.5) is 5.69 Å². The monoisotopic (exact) mass is 276 g/mol. The maximum atomic E-state index is 5.92. The second-order valence-electron chi connectivity index (χ2n) is 5.49. The van der Waals surface area contributed by atoms with Crippen molar-refractivity contribution in [2.75, 3.05) is 11.4 Å². The lowest BCUT2D eigenvalue weighted by Gasteiger charge is -2.33. The molecule has 0 aromatic heterocycles. The van der Waals surface area contributed by atoms with E-state index in [0.717, 1.165) is 12.1 Å². The molecular weight excluding hydrogens is 252 g/mol. The van der Waals surface area contributed by atoms with Gasteiger partial charge < -0.3 is 10.6 Å². The first kappa shape index (κ1) is 14.3. The molecule has 2 N–H and O–H groups in total. The second kappa shape index (κ2) is 6.38. The number of nitrogens with zero attached hydrogens (tertiary/aromatic N) is 1. The van der Waals surface area contributed by atoms with Gasteiger partial charge in [-0.3, -0.25) is 0 Å². The Morgan fingerprint density at radius 3 is 2.84 bits per heavy atom. The van der Waals surface area contributed by atoms with Crippen LogP contribution in [0.5, 0.6) is 0 Å². The average molecular weight is 276 g/mol.